The zero-order valence-electron chi connectivity index (χ0n) is 17.7. The molecule has 160 valence electrons. The van der Waals surface area contributed by atoms with E-state index in [1.165, 1.54) is 0 Å². The van der Waals surface area contributed by atoms with Gasteiger partial charge in [0.2, 0.25) is 0 Å². The van der Waals surface area contributed by atoms with Gasteiger partial charge in [0, 0.05) is 5.56 Å². The number of nitrogens with zero attached hydrogens (tertiary/aromatic N) is 3. The predicted molar refractivity (Wildman–Crippen MR) is 124 cm³/mol. The van der Waals surface area contributed by atoms with Crippen LogP contribution in [0.2, 0.25) is 0 Å². The lowest BCUT2D eigenvalue weighted by atomic mass is 10.1. The van der Waals surface area contributed by atoms with Crippen molar-refractivity contribution in [2.75, 3.05) is 14.2 Å². The molecule has 0 saturated heterocycles. The van der Waals surface area contributed by atoms with E-state index in [2.05, 4.69) is 15.6 Å². The third-order valence-corrected chi connectivity index (χ3v) is 4.82. The highest BCUT2D eigenvalue weighted by atomic mass is 16.5. The third kappa shape index (κ3) is 4.67. The monoisotopic (exact) mass is 426 g/mol. The normalized spacial score (nSPS) is 10.8. The van der Waals surface area contributed by atoms with Gasteiger partial charge in [-0.15, -0.1) is 0 Å². The number of methoxy groups -OCH3 is 2. The highest BCUT2D eigenvalue weighted by Gasteiger charge is 2.17. The van der Waals surface area contributed by atoms with Gasteiger partial charge in [0.05, 0.1) is 31.8 Å². The largest absolute Gasteiger partial charge is 0.497 e. The Kier molecular flexibility index (Phi) is 6.27. The van der Waals surface area contributed by atoms with E-state index in [0.717, 1.165) is 28.3 Å². The van der Waals surface area contributed by atoms with E-state index >= 15 is 0 Å². The van der Waals surface area contributed by atoms with Gasteiger partial charge in [-0.25, -0.2) is 10.1 Å². The number of hydrogen-bond acceptors (Lipinski definition) is 5. The lowest BCUT2D eigenvalue weighted by molar-refractivity contribution is 0.0947. The molecule has 1 N–H and O–H groups in total. The van der Waals surface area contributed by atoms with Crippen LogP contribution < -0.4 is 14.9 Å². The van der Waals surface area contributed by atoms with Crippen molar-refractivity contribution >= 4 is 12.1 Å². The Morgan fingerprint density at radius 2 is 1.53 bits per heavy atom. The van der Waals surface area contributed by atoms with Crippen LogP contribution in [0.3, 0.4) is 0 Å². The maximum atomic E-state index is 12.9. The van der Waals surface area contributed by atoms with Gasteiger partial charge in [0.15, 0.2) is 0 Å². The van der Waals surface area contributed by atoms with E-state index in [-0.39, 0.29) is 5.91 Å². The van der Waals surface area contributed by atoms with E-state index in [1.54, 1.807) is 31.2 Å². The Hall–Kier alpha value is -4.39. The molecule has 3 aromatic carbocycles. The first-order valence-electron chi connectivity index (χ1n) is 9.95. The fourth-order valence-corrected chi connectivity index (χ4v) is 3.12. The lowest BCUT2D eigenvalue weighted by Gasteiger charge is -2.06. The van der Waals surface area contributed by atoms with Crippen LogP contribution in [-0.4, -0.2) is 36.1 Å². The number of nitrogens with one attached hydrogen (secondary N) is 1. The maximum absolute atomic E-state index is 12.9. The summed E-state index contributed by atoms with van der Waals surface area (Å²) < 4.78 is 12.0. The van der Waals surface area contributed by atoms with Gasteiger partial charge in [-0.3, -0.25) is 4.79 Å². The van der Waals surface area contributed by atoms with Crippen LogP contribution >= 0.6 is 0 Å². The number of rotatable bonds is 7. The van der Waals surface area contributed by atoms with Crippen LogP contribution in [0.15, 0.2) is 90.0 Å². The summed E-state index contributed by atoms with van der Waals surface area (Å²) in [7, 11) is 3.23. The Morgan fingerprint density at radius 3 is 2.16 bits per heavy atom. The zero-order valence-corrected chi connectivity index (χ0v) is 17.7. The number of aromatic nitrogens is 2. The number of hydrazone groups is 1. The highest BCUT2D eigenvalue weighted by Crippen LogP contribution is 2.24. The molecule has 7 nitrogen and oxygen atoms in total. The van der Waals surface area contributed by atoms with E-state index in [0.29, 0.717) is 11.4 Å². The van der Waals surface area contributed by atoms with Crippen molar-refractivity contribution in [2.45, 2.75) is 0 Å². The first-order valence-corrected chi connectivity index (χ1v) is 9.95. The summed E-state index contributed by atoms with van der Waals surface area (Å²) in [6.45, 7) is 0. The van der Waals surface area contributed by atoms with E-state index in [4.69, 9.17) is 9.47 Å². The first-order chi connectivity index (χ1) is 15.7. The van der Waals surface area contributed by atoms with Gasteiger partial charge >= 0.3 is 0 Å². The number of para-hydroxylation sites is 1. The van der Waals surface area contributed by atoms with Gasteiger partial charge in [-0.1, -0.05) is 18.2 Å². The molecule has 0 bridgehead atoms. The zero-order chi connectivity index (χ0) is 22.3. The van der Waals surface area contributed by atoms with Crippen LogP contribution in [0, 0.1) is 0 Å². The molecular formula is C25H22N4O3. The molecule has 4 rings (SSSR count). The Labute approximate surface area is 185 Å². The van der Waals surface area contributed by atoms with Gasteiger partial charge in [0.1, 0.15) is 17.2 Å². The smallest absolute Gasteiger partial charge is 0.290 e. The van der Waals surface area contributed by atoms with Crippen molar-refractivity contribution in [3.05, 3.63) is 96.2 Å². The SMILES string of the molecule is COc1ccc(C=NNC(=O)c2cc(-c3ccc(OC)cc3)nn2-c2ccccc2)cc1. The minimum absolute atomic E-state index is 0.369. The molecule has 0 aliphatic heterocycles. The van der Waals surface area contributed by atoms with Crippen LogP contribution in [0.25, 0.3) is 16.9 Å². The van der Waals surface area contributed by atoms with Gasteiger partial charge in [-0.05, 0) is 72.3 Å². The summed E-state index contributed by atoms with van der Waals surface area (Å²) in [6, 6.07) is 26.1. The molecule has 1 amide bonds. The molecule has 0 unspecified atom stereocenters. The molecule has 1 heterocycles. The van der Waals surface area contributed by atoms with Crippen molar-refractivity contribution in [3.63, 3.8) is 0 Å². The molecule has 0 saturated carbocycles. The molecular weight excluding hydrogens is 404 g/mol. The van der Waals surface area contributed by atoms with Crippen molar-refractivity contribution < 1.29 is 14.3 Å². The van der Waals surface area contributed by atoms with Crippen LogP contribution in [0.4, 0.5) is 0 Å². The Morgan fingerprint density at radius 1 is 0.906 bits per heavy atom. The third-order valence-electron chi connectivity index (χ3n) is 4.82. The van der Waals surface area contributed by atoms with E-state index in [1.807, 2.05) is 78.9 Å². The summed E-state index contributed by atoms with van der Waals surface area (Å²) in [6.07, 6.45) is 1.57. The molecule has 0 spiro atoms. The average Bonchev–Trinajstić information content (AvgIpc) is 3.31. The molecule has 4 aromatic rings. The van der Waals surface area contributed by atoms with Crippen LogP contribution in [0.1, 0.15) is 16.1 Å². The molecule has 32 heavy (non-hydrogen) atoms. The minimum Gasteiger partial charge on any atom is -0.497 e. The van der Waals surface area contributed by atoms with Crippen LogP contribution in [0.5, 0.6) is 11.5 Å². The second-order valence-corrected chi connectivity index (χ2v) is 6.86. The molecule has 7 heteroatoms. The molecule has 1 aromatic heterocycles. The lowest BCUT2D eigenvalue weighted by Crippen LogP contribution is -2.21. The minimum atomic E-state index is -0.370. The summed E-state index contributed by atoms with van der Waals surface area (Å²) in [5.41, 5.74) is 6.11. The first kappa shape index (κ1) is 20.9. The molecule has 0 aliphatic rings. The fraction of sp³-hybridized carbons (Fsp3) is 0.0800. The standard InChI is InChI=1S/C25H22N4O3/c1-31-21-12-8-18(9-13-21)17-26-27-25(30)24-16-23(19-10-14-22(32-2)15-11-19)28-29(24)20-6-4-3-5-7-20/h3-17H,1-2H3,(H,27,30). The predicted octanol–water partition coefficient (Wildman–Crippen LogP) is 4.32. The Balaban J connectivity index is 1.61. The average molecular weight is 426 g/mol. The summed E-state index contributed by atoms with van der Waals surface area (Å²) in [5.74, 6) is 1.14. The van der Waals surface area contributed by atoms with E-state index in [9.17, 15) is 4.79 Å². The Bertz CT molecular complexity index is 1210. The number of benzene rings is 3. The van der Waals surface area contributed by atoms with Gasteiger partial charge < -0.3 is 9.47 Å². The second-order valence-electron chi connectivity index (χ2n) is 6.86. The molecule has 0 aliphatic carbocycles. The van der Waals surface area contributed by atoms with Crippen molar-refractivity contribution in [1.29, 1.82) is 0 Å². The van der Waals surface area contributed by atoms with Crippen LogP contribution in [-0.2, 0) is 0 Å². The highest BCUT2D eigenvalue weighted by molar-refractivity contribution is 5.95. The second kappa shape index (κ2) is 9.61. The van der Waals surface area contributed by atoms with Crippen molar-refractivity contribution in [2.24, 2.45) is 5.10 Å². The van der Waals surface area contributed by atoms with Crippen molar-refractivity contribution in [1.82, 2.24) is 15.2 Å². The summed E-state index contributed by atoms with van der Waals surface area (Å²) >= 11 is 0. The van der Waals surface area contributed by atoms with Crippen molar-refractivity contribution in [3.8, 4) is 28.4 Å². The molecule has 0 atom stereocenters. The van der Waals surface area contributed by atoms with Gasteiger partial charge in [0.25, 0.3) is 5.91 Å². The van der Waals surface area contributed by atoms with Gasteiger partial charge in [-0.2, -0.15) is 10.2 Å². The van der Waals surface area contributed by atoms with E-state index < -0.39 is 0 Å². The summed E-state index contributed by atoms with van der Waals surface area (Å²) in [4.78, 5) is 12.9. The fourth-order valence-electron chi connectivity index (χ4n) is 3.12. The molecule has 0 radical (unpaired) electrons. The molecule has 0 fully saturated rings. The maximum Gasteiger partial charge on any atom is 0.290 e. The number of carbonyl (C=O) groups excluding carboxylic acids is 1. The number of carbonyl (C=O) groups is 1. The number of hydrogen-bond donors (Lipinski definition) is 1. The summed E-state index contributed by atoms with van der Waals surface area (Å²) in [5, 5.41) is 8.75. The quantitative estimate of drug-likeness (QED) is 0.353. The number of ether oxygens (including phenoxy) is 2. The number of amides is 1. The topological polar surface area (TPSA) is 77.7 Å².